The van der Waals surface area contributed by atoms with Gasteiger partial charge >= 0.3 is 5.97 Å². The lowest BCUT2D eigenvalue weighted by Crippen LogP contribution is -2.28. The number of carbonyl (C=O) groups excluding carboxylic acids is 1. The molecule has 3 N–H and O–H groups in total. The second-order valence-electron chi connectivity index (χ2n) is 4.83. The zero-order valence-electron chi connectivity index (χ0n) is 12.8. The highest BCUT2D eigenvalue weighted by molar-refractivity contribution is 7.89. The number of sulfonamides is 1. The molecule has 0 aliphatic heterocycles. The molecule has 1 aromatic carbocycles. The zero-order valence-corrected chi connectivity index (χ0v) is 13.6. The van der Waals surface area contributed by atoms with Crippen LogP contribution in [-0.2, 0) is 19.6 Å². The first-order valence-electron chi connectivity index (χ1n) is 6.72. The summed E-state index contributed by atoms with van der Waals surface area (Å²) in [5, 5.41) is 0. The van der Waals surface area contributed by atoms with Gasteiger partial charge in [-0.25, -0.2) is 13.1 Å². The molecule has 0 saturated heterocycles. The number of ether oxygens (including phenoxy) is 1. The molecule has 0 radical (unpaired) electrons. The number of hydrogen-bond acceptors (Lipinski definition) is 5. The third-order valence-corrected chi connectivity index (χ3v) is 4.91. The zero-order chi connectivity index (χ0) is 16.2. The Morgan fingerprint density at radius 1 is 1.29 bits per heavy atom. The Balaban J connectivity index is 2.94. The van der Waals surface area contributed by atoms with Gasteiger partial charge in [0.15, 0.2) is 0 Å². The number of carbonyl (C=O) groups is 1. The molecule has 0 saturated carbocycles. The van der Waals surface area contributed by atoms with Crippen LogP contribution < -0.4 is 10.5 Å². The van der Waals surface area contributed by atoms with Gasteiger partial charge < -0.3 is 10.5 Å². The van der Waals surface area contributed by atoms with Crippen molar-refractivity contribution in [1.82, 2.24) is 4.72 Å². The molecule has 0 spiro atoms. The predicted molar refractivity (Wildman–Crippen MR) is 81.5 cm³/mol. The van der Waals surface area contributed by atoms with E-state index < -0.39 is 16.0 Å². The van der Waals surface area contributed by atoms with E-state index in [9.17, 15) is 13.2 Å². The Morgan fingerprint density at radius 2 is 1.90 bits per heavy atom. The van der Waals surface area contributed by atoms with Crippen LogP contribution in [-0.4, -0.2) is 27.5 Å². The van der Waals surface area contributed by atoms with E-state index >= 15 is 0 Å². The molecular formula is C14H22N2O4S. The van der Waals surface area contributed by atoms with Crippen LogP contribution in [0.1, 0.15) is 30.0 Å². The average Bonchev–Trinajstić information content (AvgIpc) is 2.35. The Labute approximate surface area is 125 Å². The topological polar surface area (TPSA) is 98.5 Å². The Morgan fingerprint density at radius 3 is 2.48 bits per heavy atom. The van der Waals surface area contributed by atoms with Crippen molar-refractivity contribution in [3.05, 3.63) is 22.8 Å². The van der Waals surface area contributed by atoms with Gasteiger partial charge in [-0.3, -0.25) is 4.79 Å². The van der Waals surface area contributed by atoms with Gasteiger partial charge in [0.25, 0.3) is 0 Å². The van der Waals surface area contributed by atoms with E-state index in [1.54, 1.807) is 26.8 Å². The van der Waals surface area contributed by atoms with Crippen LogP contribution in [0.3, 0.4) is 0 Å². The molecule has 0 aliphatic rings. The summed E-state index contributed by atoms with van der Waals surface area (Å²) in [5.41, 5.74) is 8.36. The normalized spacial score (nSPS) is 11.4. The fraction of sp³-hybridized carbons (Fsp3) is 0.500. The summed E-state index contributed by atoms with van der Waals surface area (Å²) in [4.78, 5) is 11.4. The van der Waals surface area contributed by atoms with Crippen molar-refractivity contribution < 1.29 is 17.9 Å². The molecule has 6 nitrogen and oxygen atoms in total. The second-order valence-corrected chi connectivity index (χ2v) is 6.53. The maximum absolute atomic E-state index is 12.4. The van der Waals surface area contributed by atoms with E-state index in [1.165, 1.54) is 0 Å². The largest absolute Gasteiger partial charge is 0.466 e. The van der Waals surface area contributed by atoms with E-state index in [1.807, 2.05) is 6.92 Å². The highest BCUT2D eigenvalue weighted by Gasteiger charge is 2.21. The van der Waals surface area contributed by atoms with Crippen LogP contribution in [0, 0.1) is 20.8 Å². The first kappa shape index (κ1) is 17.5. The van der Waals surface area contributed by atoms with Crippen molar-refractivity contribution in [3.63, 3.8) is 0 Å². The summed E-state index contributed by atoms with van der Waals surface area (Å²) in [6.07, 6.45) is -0.00743. The van der Waals surface area contributed by atoms with Gasteiger partial charge in [-0.15, -0.1) is 0 Å². The van der Waals surface area contributed by atoms with Crippen LogP contribution in [0.25, 0.3) is 0 Å². The molecule has 0 aromatic heterocycles. The van der Waals surface area contributed by atoms with Crippen LogP contribution in [0.4, 0.5) is 5.69 Å². The minimum Gasteiger partial charge on any atom is -0.466 e. The summed E-state index contributed by atoms with van der Waals surface area (Å²) in [7, 11) is -3.71. The molecule has 0 amide bonds. The van der Waals surface area contributed by atoms with Gasteiger partial charge in [0.05, 0.1) is 17.9 Å². The predicted octanol–water partition coefficient (Wildman–Crippen LogP) is 1.43. The van der Waals surface area contributed by atoms with Gasteiger partial charge in [-0.05, 0) is 44.4 Å². The van der Waals surface area contributed by atoms with Crippen LogP contribution in [0.15, 0.2) is 11.0 Å². The van der Waals surface area contributed by atoms with Crippen LogP contribution in [0.5, 0.6) is 0 Å². The molecule has 0 aliphatic carbocycles. The molecule has 1 rings (SSSR count). The monoisotopic (exact) mass is 314 g/mol. The first-order valence-corrected chi connectivity index (χ1v) is 8.20. The van der Waals surface area contributed by atoms with Gasteiger partial charge in [0, 0.05) is 12.2 Å². The van der Waals surface area contributed by atoms with Gasteiger partial charge in [-0.1, -0.05) is 6.07 Å². The lowest BCUT2D eigenvalue weighted by atomic mass is 10.1. The Kier molecular flexibility index (Phi) is 5.74. The first-order chi connectivity index (χ1) is 9.70. The van der Waals surface area contributed by atoms with Gasteiger partial charge in [0.1, 0.15) is 0 Å². The number of esters is 1. The van der Waals surface area contributed by atoms with Crippen LogP contribution >= 0.6 is 0 Å². The van der Waals surface area contributed by atoms with E-state index in [4.69, 9.17) is 10.5 Å². The molecular weight excluding hydrogens is 292 g/mol. The number of benzene rings is 1. The van der Waals surface area contributed by atoms with E-state index in [2.05, 4.69) is 4.72 Å². The van der Waals surface area contributed by atoms with Crippen molar-refractivity contribution in [2.45, 2.75) is 39.0 Å². The molecule has 0 atom stereocenters. The minimum atomic E-state index is -3.71. The van der Waals surface area contributed by atoms with E-state index in [0.717, 1.165) is 5.56 Å². The van der Waals surface area contributed by atoms with Crippen molar-refractivity contribution in [2.24, 2.45) is 0 Å². The molecule has 0 heterocycles. The molecule has 0 unspecified atom stereocenters. The third kappa shape index (κ3) is 4.18. The van der Waals surface area contributed by atoms with E-state index in [0.29, 0.717) is 16.8 Å². The highest BCUT2D eigenvalue weighted by atomic mass is 32.2. The maximum atomic E-state index is 12.4. The molecule has 118 valence electrons. The number of hydrogen-bond donors (Lipinski definition) is 2. The van der Waals surface area contributed by atoms with E-state index in [-0.39, 0.29) is 24.5 Å². The van der Waals surface area contributed by atoms with Gasteiger partial charge in [-0.2, -0.15) is 0 Å². The standard InChI is InChI=1S/C14H22N2O4S/c1-5-20-12(17)6-7-16-21(18,19)14-10(3)8-9(2)13(15)11(14)4/h8,16H,5-7,15H2,1-4H3. The summed E-state index contributed by atoms with van der Waals surface area (Å²) < 4.78 is 31.9. The molecule has 0 fully saturated rings. The van der Waals surface area contributed by atoms with Gasteiger partial charge in [0.2, 0.25) is 10.0 Å². The van der Waals surface area contributed by atoms with Crippen molar-refractivity contribution in [2.75, 3.05) is 18.9 Å². The molecule has 7 heteroatoms. The summed E-state index contributed by atoms with van der Waals surface area (Å²) in [5.74, 6) is -0.433. The summed E-state index contributed by atoms with van der Waals surface area (Å²) in [6, 6.07) is 1.74. The molecule has 1 aromatic rings. The van der Waals surface area contributed by atoms with Crippen molar-refractivity contribution >= 4 is 21.7 Å². The number of anilines is 1. The average molecular weight is 314 g/mol. The third-order valence-electron chi connectivity index (χ3n) is 3.16. The van der Waals surface area contributed by atoms with Crippen molar-refractivity contribution in [3.8, 4) is 0 Å². The summed E-state index contributed by atoms with van der Waals surface area (Å²) >= 11 is 0. The number of aryl methyl sites for hydroxylation is 2. The maximum Gasteiger partial charge on any atom is 0.307 e. The highest BCUT2D eigenvalue weighted by Crippen LogP contribution is 2.27. The smallest absolute Gasteiger partial charge is 0.307 e. The fourth-order valence-electron chi connectivity index (χ4n) is 2.19. The molecule has 21 heavy (non-hydrogen) atoms. The lowest BCUT2D eigenvalue weighted by molar-refractivity contribution is -0.142. The SMILES string of the molecule is CCOC(=O)CCNS(=O)(=O)c1c(C)cc(C)c(N)c1C. The van der Waals surface area contributed by atoms with Crippen LogP contribution in [0.2, 0.25) is 0 Å². The number of nitrogen functional groups attached to an aromatic ring is 1. The minimum absolute atomic E-state index is 0.00612. The second kappa shape index (κ2) is 6.91. The Bertz CT molecular complexity index is 639. The Hall–Kier alpha value is -1.60. The summed E-state index contributed by atoms with van der Waals surface area (Å²) in [6.45, 7) is 7.20. The van der Waals surface area contributed by atoms with Crippen molar-refractivity contribution in [1.29, 1.82) is 0 Å². The molecule has 0 bridgehead atoms. The fourth-order valence-corrected chi connectivity index (χ4v) is 3.70. The number of nitrogens with one attached hydrogen (secondary N) is 1. The number of nitrogens with two attached hydrogens (primary N) is 1. The lowest BCUT2D eigenvalue weighted by Gasteiger charge is -2.15. The number of rotatable bonds is 6. The quantitative estimate of drug-likeness (QED) is 0.611.